The summed E-state index contributed by atoms with van der Waals surface area (Å²) < 4.78 is 11.2. The number of para-hydroxylation sites is 1. The Balaban J connectivity index is 2.15. The Bertz CT molecular complexity index is 809. The third kappa shape index (κ3) is 4.13. The molecule has 2 atom stereocenters. The molecule has 3 rings (SSSR count). The Morgan fingerprint density at radius 2 is 1.89 bits per heavy atom. The van der Waals surface area contributed by atoms with Crippen molar-refractivity contribution in [3.63, 3.8) is 0 Å². The van der Waals surface area contributed by atoms with E-state index in [1.54, 1.807) is 26.0 Å². The van der Waals surface area contributed by atoms with Gasteiger partial charge in [0, 0.05) is 10.5 Å². The molecule has 0 amide bonds. The zero-order valence-electron chi connectivity index (χ0n) is 16.6. The second-order valence-electron chi connectivity index (χ2n) is 6.85. The first-order valence-electron chi connectivity index (χ1n) is 9.44. The molecule has 0 spiro atoms. The Labute approximate surface area is 170 Å². The van der Waals surface area contributed by atoms with Gasteiger partial charge in [-0.15, -0.1) is 11.8 Å². The number of carboxylic acid groups (broad SMARTS) is 1. The number of hydrogen-bond acceptors (Lipinski definition) is 5. The summed E-state index contributed by atoms with van der Waals surface area (Å²) in [5.74, 6) is 0.528. The molecule has 2 unspecified atom stereocenters. The van der Waals surface area contributed by atoms with Gasteiger partial charge in [-0.2, -0.15) is 0 Å². The number of ether oxygens (including phenoxy) is 2. The standard InChI is InChI=1S/C22H27NO4S/c1-26-19-9-6-7-17(21(19)27-2)20(15-10-12-16(28-3)13-11-15)23-14-5-4-8-18(23)22(24)25/h6-7,9-13,18,20H,4-5,8,14H2,1-3H3,(H,24,25). The van der Waals surface area contributed by atoms with Crippen molar-refractivity contribution in [2.75, 3.05) is 27.0 Å². The minimum atomic E-state index is -0.771. The van der Waals surface area contributed by atoms with Gasteiger partial charge in [0.25, 0.3) is 0 Å². The van der Waals surface area contributed by atoms with E-state index in [9.17, 15) is 9.90 Å². The second kappa shape index (κ2) is 9.34. The van der Waals surface area contributed by atoms with Gasteiger partial charge in [0.05, 0.1) is 20.3 Å². The summed E-state index contributed by atoms with van der Waals surface area (Å²) in [5.41, 5.74) is 1.98. The maximum absolute atomic E-state index is 12.0. The quantitative estimate of drug-likeness (QED) is 0.692. The molecule has 1 fully saturated rings. The molecule has 1 N–H and O–H groups in total. The van der Waals surface area contributed by atoms with Crippen LogP contribution in [0.1, 0.15) is 36.4 Å². The van der Waals surface area contributed by atoms with Gasteiger partial charge in [0.2, 0.25) is 0 Å². The lowest BCUT2D eigenvalue weighted by molar-refractivity contribution is -0.145. The first-order valence-corrected chi connectivity index (χ1v) is 10.7. The van der Waals surface area contributed by atoms with Gasteiger partial charge >= 0.3 is 5.97 Å². The number of piperidine rings is 1. The lowest BCUT2D eigenvalue weighted by Gasteiger charge is -2.40. The van der Waals surface area contributed by atoms with Crippen LogP contribution in [0.25, 0.3) is 0 Å². The fourth-order valence-corrected chi connectivity index (χ4v) is 4.40. The predicted molar refractivity (Wildman–Crippen MR) is 112 cm³/mol. The summed E-state index contributed by atoms with van der Waals surface area (Å²) in [6.07, 6.45) is 4.61. The first kappa shape index (κ1) is 20.6. The van der Waals surface area contributed by atoms with Crippen LogP contribution in [-0.2, 0) is 4.79 Å². The van der Waals surface area contributed by atoms with E-state index in [2.05, 4.69) is 29.2 Å². The molecule has 1 aliphatic heterocycles. The molecule has 1 heterocycles. The van der Waals surface area contributed by atoms with Crippen molar-refractivity contribution in [3.05, 3.63) is 53.6 Å². The van der Waals surface area contributed by atoms with Crippen LogP contribution >= 0.6 is 11.8 Å². The van der Waals surface area contributed by atoms with Gasteiger partial charge in [-0.1, -0.05) is 30.7 Å². The van der Waals surface area contributed by atoms with E-state index >= 15 is 0 Å². The van der Waals surface area contributed by atoms with E-state index < -0.39 is 12.0 Å². The molecule has 150 valence electrons. The van der Waals surface area contributed by atoms with E-state index in [1.165, 1.54) is 4.90 Å². The Kier molecular flexibility index (Phi) is 6.86. The minimum absolute atomic E-state index is 0.220. The highest BCUT2D eigenvalue weighted by atomic mass is 32.2. The molecule has 5 nitrogen and oxygen atoms in total. The van der Waals surface area contributed by atoms with Crippen molar-refractivity contribution in [2.45, 2.75) is 36.2 Å². The third-order valence-corrected chi connectivity index (χ3v) is 6.06. The molecule has 1 saturated heterocycles. The summed E-state index contributed by atoms with van der Waals surface area (Å²) in [6.45, 7) is 0.728. The van der Waals surface area contributed by atoms with Gasteiger partial charge in [-0.05, 0) is 49.4 Å². The maximum Gasteiger partial charge on any atom is 0.320 e. The number of carboxylic acids is 1. The van der Waals surface area contributed by atoms with Crippen molar-refractivity contribution in [1.82, 2.24) is 4.90 Å². The minimum Gasteiger partial charge on any atom is -0.493 e. The van der Waals surface area contributed by atoms with E-state index in [0.29, 0.717) is 17.9 Å². The number of nitrogens with zero attached hydrogens (tertiary/aromatic N) is 1. The van der Waals surface area contributed by atoms with Crippen LogP contribution < -0.4 is 9.47 Å². The number of thioether (sulfide) groups is 1. The fourth-order valence-electron chi connectivity index (χ4n) is 3.99. The second-order valence-corrected chi connectivity index (χ2v) is 7.73. The van der Waals surface area contributed by atoms with Crippen LogP contribution in [0.3, 0.4) is 0 Å². The molecule has 1 aliphatic rings. The lowest BCUT2D eigenvalue weighted by Crippen LogP contribution is -2.46. The predicted octanol–water partition coefficient (Wildman–Crippen LogP) is 4.45. The lowest BCUT2D eigenvalue weighted by atomic mass is 9.91. The van der Waals surface area contributed by atoms with Gasteiger partial charge in [-0.3, -0.25) is 9.69 Å². The van der Waals surface area contributed by atoms with Gasteiger partial charge in [0.15, 0.2) is 11.5 Å². The summed E-state index contributed by atoms with van der Waals surface area (Å²) in [6, 6.07) is 13.4. The third-order valence-electron chi connectivity index (χ3n) is 5.32. The van der Waals surface area contributed by atoms with Crippen molar-refractivity contribution < 1.29 is 19.4 Å². The summed E-state index contributed by atoms with van der Waals surface area (Å²) in [5, 5.41) is 9.86. The molecule has 2 aromatic carbocycles. The number of benzene rings is 2. The highest BCUT2D eigenvalue weighted by Gasteiger charge is 2.36. The number of rotatable bonds is 7. The maximum atomic E-state index is 12.0. The molecule has 2 aromatic rings. The average molecular weight is 402 g/mol. The van der Waals surface area contributed by atoms with Gasteiger partial charge in [0.1, 0.15) is 6.04 Å². The van der Waals surface area contributed by atoms with Gasteiger partial charge in [-0.25, -0.2) is 0 Å². The van der Waals surface area contributed by atoms with Crippen molar-refractivity contribution >= 4 is 17.7 Å². The normalized spacial score (nSPS) is 18.5. The van der Waals surface area contributed by atoms with Crippen molar-refractivity contribution in [1.29, 1.82) is 0 Å². The van der Waals surface area contributed by atoms with E-state index in [-0.39, 0.29) is 6.04 Å². The van der Waals surface area contributed by atoms with Crippen LogP contribution in [0.15, 0.2) is 47.4 Å². The highest BCUT2D eigenvalue weighted by Crippen LogP contribution is 2.42. The fraction of sp³-hybridized carbons (Fsp3) is 0.409. The Morgan fingerprint density at radius 3 is 2.50 bits per heavy atom. The molecule has 0 aromatic heterocycles. The number of methoxy groups -OCH3 is 2. The zero-order valence-corrected chi connectivity index (χ0v) is 17.4. The topological polar surface area (TPSA) is 59.0 Å². The van der Waals surface area contributed by atoms with Crippen molar-refractivity contribution in [2.24, 2.45) is 0 Å². The molecule has 0 radical (unpaired) electrons. The smallest absolute Gasteiger partial charge is 0.320 e. The van der Waals surface area contributed by atoms with Crippen LogP contribution in [0.5, 0.6) is 11.5 Å². The summed E-state index contributed by atoms with van der Waals surface area (Å²) >= 11 is 1.69. The number of likely N-dealkylation sites (tertiary alicyclic amines) is 1. The molecular formula is C22H27NO4S. The van der Waals surface area contributed by atoms with Crippen LogP contribution in [0.2, 0.25) is 0 Å². The average Bonchev–Trinajstić information content (AvgIpc) is 2.74. The molecule has 0 saturated carbocycles. The monoisotopic (exact) mass is 401 g/mol. The molecule has 0 bridgehead atoms. The molecular weight excluding hydrogens is 374 g/mol. The summed E-state index contributed by atoms with van der Waals surface area (Å²) in [4.78, 5) is 15.3. The van der Waals surface area contributed by atoms with Crippen LogP contribution in [0, 0.1) is 0 Å². The molecule has 6 heteroatoms. The highest BCUT2D eigenvalue weighted by molar-refractivity contribution is 7.98. The molecule has 0 aliphatic carbocycles. The first-order chi connectivity index (χ1) is 13.6. The summed E-state index contributed by atoms with van der Waals surface area (Å²) in [7, 11) is 3.24. The van der Waals surface area contributed by atoms with E-state index in [4.69, 9.17) is 9.47 Å². The zero-order chi connectivity index (χ0) is 20.1. The van der Waals surface area contributed by atoms with E-state index in [1.807, 2.05) is 24.5 Å². The number of aliphatic carboxylic acids is 1. The SMILES string of the molecule is COc1cccc(C(c2ccc(SC)cc2)N2CCCCC2C(=O)O)c1OC. The van der Waals surface area contributed by atoms with Crippen molar-refractivity contribution in [3.8, 4) is 11.5 Å². The van der Waals surface area contributed by atoms with Gasteiger partial charge < -0.3 is 14.6 Å². The number of hydrogen-bond donors (Lipinski definition) is 1. The Morgan fingerprint density at radius 1 is 1.14 bits per heavy atom. The Hall–Kier alpha value is -2.18. The molecule has 28 heavy (non-hydrogen) atoms. The van der Waals surface area contributed by atoms with Crippen LogP contribution in [-0.4, -0.2) is 49.0 Å². The van der Waals surface area contributed by atoms with Crippen LogP contribution in [0.4, 0.5) is 0 Å². The van der Waals surface area contributed by atoms with E-state index in [0.717, 1.165) is 30.5 Å². The number of carbonyl (C=O) groups is 1. The largest absolute Gasteiger partial charge is 0.493 e.